The van der Waals surface area contributed by atoms with Crippen LogP contribution in [-0.2, 0) is 20.9 Å². The molecule has 1 N–H and O–H groups in total. The highest BCUT2D eigenvalue weighted by atomic mass is 16.5. The molecule has 1 atom stereocenters. The zero-order valence-corrected chi connectivity index (χ0v) is 14.2. The van der Waals surface area contributed by atoms with Gasteiger partial charge in [0.05, 0.1) is 12.6 Å². The largest absolute Gasteiger partial charge is 0.445 e. The van der Waals surface area contributed by atoms with E-state index in [0.29, 0.717) is 5.75 Å². The Bertz CT molecular complexity index is 685. The summed E-state index contributed by atoms with van der Waals surface area (Å²) < 4.78 is 15.5. The van der Waals surface area contributed by atoms with E-state index >= 15 is 0 Å². The van der Waals surface area contributed by atoms with Crippen LogP contribution in [0.15, 0.2) is 54.6 Å². The summed E-state index contributed by atoms with van der Waals surface area (Å²) in [6.45, 7) is 1.81. The fourth-order valence-corrected chi connectivity index (χ4v) is 2.20. The minimum Gasteiger partial charge on any atom is -0.445 e. The third kappa shape index (κ3) is 6.27. The van der Waals surface area contributed by atoms with Crippen molar-refractivity contribution in [3.63, 3.8) is 0 Å². The number of ether oxygens (including phenoxy) is 3. The van der Waals surface area contributed by atoms with Crippen LogP contribution in [0.5, 0.6) is 5.75 Å². The summed E-state index contributed by atoms with van der Waals surface area (Å²) in [6.07, 6.45) is -0.849. The van der Waals surface area contributed by atoms with E-state index in [1.54, 1.807) is 31.4 Å². The first-order chi connectivity index (χ1) is 12.1. The maximum absolute atomic E-state index is 11.8. The Kier molecular flexibility index (Phi) is 6.98. The number of alkyl carbamates (subject to hydrolysis) is 1. The Hall–Kier alpha value is -2.86. The molecule has 1 unspecified atom stereocenters. The zero-order chi connectivity index (χ0) is 18.1. The van der Waals surface area contributed by atoms with Gasteiger partial charge in [-0.05, 0) is 23.3 Å². The highest BCUT2D eigenvalue weighted by Gasteiger charge is 2.13. The molecule has 132 valence electrons. The minimum atomic E-state index is -0.512. The van der Waals surface area contributed by atoms with Gasteiger partial charge in [-0.25, -0.2) is 4.79 Å². The predicted molar refractivity (Wildman–Crippen MR) is 92.1 cm³/mol. The lowest BCUT2D eigenvalue weighted by atomic mass is 10.1. The number of amides is 1. The van der Waals surface area contributed by atoms with Crippen molar-refractivity contribution in [2.75, 3.05) is 13.7 Å². The summed E-state index contributed by atoms with van der Waals surface area (Å²) in [5.74, 6) is 0.0835. The number of esters is 1. The van der Waals surface area contributed by atoms with Crippen LogP contribution in [0, 0.1) is 0 Å². The van der Waals surface area contributed by atoms with Gasteiger partial charge in [0.15, 0.2) is 0 Å². The molecule has 25 heavy (non-hydrogen) atoms. The van der Waals surface area contributed by atoms with Gasteiger partial charge in [0.25, 0.3) is 0 Å². The molecule has 2 aromatic carbocycles. The molecule has 0 aliphatic carbocycles. The quantitative estimate of drug-likeness (QED) is 0.617. The van der Waals surface area contributed by atoms with Gasteiger partial charge in [-0.15, -0.1) is 0 Å². The second-order valence-electron chi connectivity index (χ2n) is 5.33. The van der Waals surface area contributed by atoms with Gasteiger partial charge < -0.3 is 19.5 Å². The van der Waals surface area contributed by atoms with E-state index in [9.17, 15) is 9.59 Å². The smallest absolute Gasteiger partial charge is 0.407 e. The van der Waals surface area contributed by atoms with E-state index in [4.69, 9.17) is 14.2 Å². The number of hydrogen-bond acceptors (Lipinski definition) is 5. The highest BCUT2D eigenvalue weighted by Crippen LogP contribution is 2.20. The molecular formula is C19H21NO5. The average Bonchev–Trinajstić information content (AvgIpc) is 2.62. The molecule has 0 aliphatic rings. The summed E-state index contributed by atoms with van der Waals surface area (Å²) in [5, 5.41) is 2.68. The van der Waals surface area contributed by atoms with Crippen molar-refractivity contribution in [2.24, 2.45) is 0 Å². The maximum Gasteiger partial charge on any atom is 0.407 e. The van der Waals surface area contributed by atoms with Crippen LogP contribution >= 0.6 is 0 Å². The van der Waals surface area contributed by atoms with Crippen LogP contribution in [-0.4, -0.2) is 25.7 Å². The molecule has 0 radical (unpaired) electrons. The molecule has 0 bridgehead atoms. The number of nitrogens with one attached hydrogen (secondary N) is 1. The lowest BCUT2D eigenvalue weighted by Gasteiger charge is -2.17. The Labute approximate surface area is 146 Å². The molecule has 0 saturated heterocycles. The second-order valence-corrected chi connectivity index (χ2v) is 5.33. The normalized spacial score (nSPS) is 11.4. The Morgan fingerprint density at radius 1 is 1.04 bits per heavy atom. The van der Waals surface area contributed by atoms with Gasteiger partial charge >= 0.3 is 12.1 Å². The van der Waals surface area contributed by atoms with Crippen molar-refractivity contribution in [1.82, 2.24) is 5.32 Å². The Morgan fingerprint density at radius 3 is 2.32 bits per heavy atom. The lowest BCUT2D eigenvalue weighted by molar-refractivity contribution is -0.131. The van der Waals surface area contributed by atoms with E-state index in [1.807, 2.05) is 30.3 Å². The van der Waals surface area contributed by atoms with Gasteiger partial charge in [0.1, 0.15) is 12.4 Å². The number of benzene rings is 2. The van der Waals surface area contributed by atoms with E-state index in [0.717, 1.165) is 11.1 Å². The zero-order valence-electron chi connectivity index (χ0n) is 14.2. The molecule has 0 spiro atoms. The Balaban J connectivity index is 1.82. The Morgan fingerprint density at radius 2 is 1.72 bits per heavy atom. The van der Waals surface area contributed by atoms with Crippen molar-refractivity contribution in [2.45, 2.75) is 19.6 Å². The van der Waals surface area contributed by atoms with Gasteiger partial charge in [-0.2, -0.15) is 0 Å². The van der Waals surface area contributed by atoms with Gasteiger partial charge in [0.2, 0.25) is 0 Å². The summed E-state index contributed by atoms with van der Waals surface area (Å²) >= 11 is 0. The van der Waals surface area contributed by atoms with E-state index in [1.165, 1.54) is 6.92 Å². The molecule has 1 amide bonds. The molecule has 2 aromatic rings. The summed E-state index contributed by atoms with van der Waals surface area (Å²) in [5.41, 5.74) is 1.77. The van der Waals surface area contributed by atoms with Crippen LogP contribution in [0.25, 0.3) is 0 Å². The fraction of sp³-hybridized carbons (Fsp3) is 0.263. The fourth-order valence-electron chi connectivity index (χ4n) is 2.20. The van der Waals surface area contributed by atoms with Gasteiger partial charge in [-0.3, -0.25) is 4.79 Å². The average molecular weight is 343 g/mol. The molecule has 6 nitrogen and oxygen atoms in total. The standard InChI is InChI=1S/C19H21NO5/c1-14(21)25-17-10-8-16(9-11-17)18(23-2)12-20-19(22)24-13-15-6-4-3-5-7-15/h3-11,18H,12-13H2,1-2H3,(H,20,22). The summed E-state index contributed by atoms with van der Waals surface area (Å²) in [7, 11) is 1.56. The van der Waals surface area contributed by atoms with Crippen molar-refractivity contribution in [3.8, 4) is 5.75 Å². The van der Waals surface area contributed by atoms with Crippen LogP contribution in [0.1, 0.15) is 24.2 Å². The van der Waals surface area contributed by atoms with E-state index in [-0.39, 0.29) is 25.2 Å². The maximum atomic E-state index is 11.8. The molecule has 6 heteroatoms. The third-order valence-electron chi connectivity index (χ3n) is 3.44. The first-order valence-electron chi connectivity index (χ1n) is 7.84. The molecule has 0 fully saturated rings. The van der Waals surface area contributed by atoms with Gasteiger partial charge in [0, 0.05) is 14.0 Å². The predicted octanol–water partition coefficient (Wildman–Crippen LogP) is 3.23. The monoisotopic (exact) mass is 343 g/mol. The highest BCUT2D eigenvalue weighted by molar-refractivity contribution is 5.69. The van der Waals surface area contributed by atoms with Crippen LogP contribution in [0.3, 0.4) is 0 Å². The minimum absolute atomic E-state index is 0.210. The molecular weight excluding hydrogens is 322 g/mol. The lowest BCUT2D eigenvalue weighted by Crippen LogP contribution is -2.29. The molecule has 2 rings (SSSR count). The topological polar surface area (TPSA) is 73.9 Å². The van der Waals surface area contributed by atoms with Crippen LogP contribution in [0.2, 0.25) is 0 Å². The van der Waals surface area contributed by atoms with Crippen molar-refractivity contribution >= 4 is 12.1 Å². The van der Waals surface area contributed by atoms with E-state index in [2.05, 4.69) is 5.32 Å². The number of hydrogen-bond donors (Lipinski definition) is 1. The van der Waals surface area contributed by atoms with Gasteiger partial charge in [-0.1, -0.05) is 42.5 Å². The third-order valence-corrected chi connectivity index (χ3v) is 3.44. The van der Waals surface area contributed by atoms with Crippen LogP contribution < -0.4 is 10.1 Å². The van der Waals surface area contributed by atoms with Crippen molar-refractivity contribution in [1.29, 1.82) is 0 Å². The summed E-state index contributed by atoms with van der Waals surface area (Å²) in [4.78, 5) is 22.7. The second kappa shape index (κ2) is 9.44. The van der Waals surface area contributed by atoms with E-state index < -0.39 is 6.09 Å². The molecule has 0 aromatic heterocycles. The molecule has 0 saturated carbocycles. The molecule has 0 heterocycles. The van der Waals surface area contributed by atoms with Crippen LogP contribution in [0.4, 0.5) is 4.79 Å². The first-order valence-corrected chi connectivity index (χ1v) is 7.84. The molecule has 0 aliphatic heterocycles. The van der Waals surface area contributed by atoms with Crippen molar-refractivity contribution in [3.05, 3.63) is 65.7 Å². The number of methoxy groups -OCH3 is 1. The number of carbonyl (C=O) groups excluding carboxylic acids is 2. The number of carbonyl (C=O) groups is 2. The number of rotatable bonds is 7. The van der Waals surface area contributed by atoms with Crippen molar-refractivity contribution < 1.29 is 23.8 Å². The SMILES string of the molecule is COC(CNC(=O)OCc1ccccc1)c1ccc(OC(C)=O)cc1. The summed E-state index contributed by atoms with van der Waals surface area (Å²) in [6, 6.07) is 16.4. The first kappa shape index (κ1) is 18.5.